The zero-order valence-corrected chi connectivity index (χ0v) is 11.5. The summed E-state index contributed by atoms with van der Waals surface area (Å²) in [6.45, 7) is 6.35. The van der Waals surface area contributed by atoms with Crippen molar-refractivity contribution < 1.29 is 24.0 Å². The molecule has 106 valence electrons. The molecule has 0 aliphatic carbocycles. The van der Waals surface area contributed by atoms with Gasteiger partial charge in [-0.1, -0.05) is 0 Å². The molecule has 1 rings (SSSR count). The average Bonchev–Trinajstić information content (AvgIpc) is 2.73. The van der Waals surface area contributed by atoms with Crippen LogP contribution in [0.3, 0.4) is 0 Å². The van der Waals surface area contributed by atoms with Crippen LogP contribution in [0.15, 0.2) is 10.6 Å². The van der Waals surface area contributed by atoms with Crippen molar-refractivity contribution in [1.82, 2.24) is 10.1 Å². The molecule has 0 aliphatic rings. The third-order valence-electron chi connectivity index (χ3n) is 2.77. The van der Waals surface area contributed by atoms with Gasteiger partial charge in [-0.05, 0) is 32.9 Å². The van der Waals surface area contributed by atoms with E-state index in [4.69, 9.17) is 14.4 Å². The first-order valence-corrected chi connectivity index (χ1v) is 5.89. The van der Waals surface area contributed by atoms with Crippen molar-refractivity contribution in [3.63, 3.8) is 0 Å². The third-order valence-corrected chi connectivity index (χ3v) is 2.77. The summed E-state index contributed by atoms with van der Waals surface area (Å²) < 4.78 is 9.95. The molecule has 1 N–H and O–H groups in total. The topological polar surface area (TPSA) is 92.9 Å². The highest BCUT2D eigenvalue weighted by atomic mass is 16.5. The fourth-order valence-electron chi connectivity index (χ4n) is 1.62. The van der Waals surface area contributed by atoms with Crippen molar-refractivity contribution >= 4 is 11.9 Å². The monoisotopic (exact) mass is 270 g/mol. The Bertz CT molecular complexity index is 466. The molecule has 0 atom stereocenters. The number of amides is 1. The van der Waals surface area contributed by atoms with Crippen LogP contribution in [0.5, 0.6) is 5.88 Å². The minimum Gasteiger partial charge on any atom is -0.480 e. The summed E-state index contributed by atoms with van der Waals surface area (Å²) in [7, 11) is 0. The van der Waals surface area contributed by atoms with Crippen molar-refractivity contribution in [3.05, 3.63) is 11.8 Å². The van der Waals surface area contributed by atoms with Gasteiger partial charge in [-0.15, -0.1) is 0 Å². The van der Waals surface area contributed by atoms with Crippen LogP contribution in [0.1, 0.15) is 26.5 Å². The smallest absolute Gasteiger partial charge is 0.329 e. The van der Waals surface area contributed by atoms with E-state index in [2.05, 4.69) is 5.16 Å². The number of carbonyl (C=O) groups is 2. The number of hydrogen-bond donors (Lipinski definition) is 1. The normalized spacial score (nSPS) is 11.2. The molecule has 0 bridgehead atoms. The molecule has 0 spiro atoms. The number of carboxylic acids is 1. The Balaban J connectivity index is 2.67. The van der Waals surface area contributed by atoms with Crippen LogP contribution in [0.25, 0.3) is 0 Å². The molecule has 1 aromatic heterocycles. The maximum Gasteiger partial charge on any atom is 0.329 e. The van der Waals surface area contributed by atoms with Gasteiger partial charge < -0.3 is 19.3 Å². The molecule has 0 fully saturated rings. The average molecular weight is 270 g/mol. The predicted octanol–water partition coefficient (Wildman–Crippen LogP) is 1.07. The van der Waals surface area contributed by atoms with E-state index in [-0.39, 0.29) is 19.0 Å². The summed E-state index contributed by atoms with van der Waals surface area (Å²) >= 11 is 0. The lowest BCUT2D eigenvalue weighted by molar-refractivity contribution is -0.157. The molecule has 19 heavy (non-hydrogen) atoms. The van der Waals surface area contributed by atoms with E-state index >= 15 is 0 Å². The number of hydrogen-bond acceptors (Lipinski definition) is 5. The van der Waals surface area contributed by atoms with E-state index in [1.807, 2.05) is 0 Å². The number of carboxylic acid groups (broad SMARTS) is 1. The molecule has 7 nitrogen and oxygen atoms in total. The van der Waals surface area contributed by atoms with E-state index in [0.29, 0.717) is 5.76 Å². The molecule has 0 radical (unpaired) electrons. The fraction of sp³-hybridized carbons (Fsp3) is 0.583. The molecule has 1 amide bonds. The van der Waals surface area contributed by atoms with Crippen molar-refractivity contribution in [2.45, 2.75) is 33.2 Å². The van der Waals surface area contributed by atoms with Crippen molar-refractivity contribution in [2.24, 2.45) is 0 Å². The van der Waals surface area contributed by atoms with Gasteiger partial charge in [-0.2, -0.15) is 0 Å². The molecule has 1 heterocycles. The van der Waals surface area contributed by atoms with Gasteiger partial charge in [0.25, 0.3) is 11.8 Å². The Morgan fingerprint density at radius 3 is 2.58 bits per heavy atom. The second-order valence-corrected chi connectivity index (χ2v) is 4.57. The molecule has 0 aromatic carbocycles. The van der Waals surface area contributed by atoms with Crippen molar-refractivity contribution in [2.75, 3.05) is 13.2 Å². The number of aryl methyl sites for hydroxylation is 1. The van der Waals surface area contributed by atoms with E-state index < -0.39 is 17.4 Å². The minimum atomic E-state index is -1.28. The number of likely N-dealkylation sites (N-methyl/N-ethyl adjacent to an activating group) is 1. The van der Waals surface area contributed by atoms with E-state index in [0.717, 1.165) is 0 Å². The Labute approximate surface area is 111 Å². The highest BCUT2D eigenvalue weighted by Crippen LogP contribution is 2.16. The number of nitrogens with zero attached hydrogens (tertiary/aromatic N) is 2. The SMILES string of the molecule is CCN(C(=O)COc1cc(C)on1)C(C)(C)C(=O)O. The Kier molecular flexibility index (Phi) is 4.52. The first kappa shape index (κ1) is 15.0. The van der Waals surface area contributed by atoms with Gasteiger partial charge in [0.1, 0.15) is 11.3 Å². The first-order chi connectivity index (χ1) is 8.78. The maximum atomic E-state index is 12.0. The first-order valence-electron chi connectivity index (χ1n) is 5.89. The summed E-state index contributed by atoms with van der Waals surface area (Å²) in [5.74, 6) is -0.716. The lowest BCUT2D eigenvalue weighted by Gasteiger charge is -2.33. The molecule has 0 saturated carbocycles. The van der Waals surface area contributed by atoms with Crippen LogP contribution in [-0.4, -0.2) is 45.7 Å². The molecular weight excluding hydrogens is 252 g/mol. The number of aliphatic carboxylic acids is 1. The van der Waals surface area contributed by atoms with Crippen molar-refractivity contribution in [3.8, 4) is 5.88 Å². The molecule has 7 heteroatoms. The van der Waals surface area contributed by atoms with Crippen LogP contribution in [0, 0.1) is 6.92 Å². The van der Waals surface area contributed by atoms with Crippen LogP contribution >= 0.6 is 0 Å². The highest BCUT2D eigenvalue weighted by molar-refractivity contribution is 5.87. The second kappa shape index (κ2) is 5.73. The molecule has 1 aromatic rings. The van der Waals surface area contributed by atoms with Gasteiger partial charge in [-0.3, -0.25) is 4.79 Å². The lowest BCUT2D eigenvalue weighted by Crippen LogP contribution is -2.54. The number of rotatable bonds is 6. The van der Waals surface area contributed by atoms with Gasteiger partial charge in [0.05, 0.1) is 0 Å². The summed E-state index contributed by atoms with van der Waals surface area (Å²) in [5.41, 5.74) is -1.28. The van der Waals surface area contributed by atoms with Gasteiger partial charge in [0.2, 0.25) is 0 Å². The van der Waals surface area contributed by atoms with Gasteiger partial charge in [0, 0.05) is 12.6 Å². The van der Waals surface area contributed by atoms with Gasteiger partial charge in [0.15, 0.2) is 6.61 Å². The molecular formula is C12H18N2O5. The number of ether oxygens (including phenoxy) is 1. The summed E-state index contributed by atoms with van der Waals surface area (Å²) in [5, 5.41) is 12.7. The minimum absolute atomic E-state index is 0.204. The Morgan fingerprint density at radius 2 is 2.16 bits per heavy atom. The standard InChI is InChI=1S/C12H18N2O5/c1-5-14(12(3,4)11(16)17)10(15)7-18-9-6-8(2)19-13-9/h6H,5,7H2,1-4H3,(H,16,17). The third kappa shape index (κ3) is 3.46. The number of aromatic nitrogens is 1. The van der Waals surface area contributed by atoms with E-state index in [1.54, 1.807) is 19.9 Å². The predicted molar refractivity (Wildman–Crippen MR) is 65.8 cm³/mol. The largest absolute Gasteiger partial charge is 0.480 e. The van der Waals surface area contributed by atoms with Crippen molar-refractivity contribution in [1.29, 1.82) is 0 Å². The quantitative estimate of drug-likeness (QED) is 0.831. The fourth-order valence-corrected chi connectivity index (χ4v) is 1.62. The van der Waals surface area contributed by atoms with Crippen LogP contribution in [-0.2, 0) is 9.59 Å². The van der Waals surface area contributed by atoms with Crippen LogP contribution in [0.4, 0.5) is 0 Å². The summed E-state index contributed by atoms with van der Waals surface area (Å²) in [6, 6.07) is 1.55. The Morgan fingerprint density at radius 1 is 1.53 bits per heavy atom. The summed E-state index contributed by atoms with van der Waals surface area (Å²) in [4.78, 5) is 24.4. The zero-order valence-electron chi connectivity index (χ0n) is 11.5. The van der Waals surface area contributed by atoms with E-state index in [9.17, 15) is 9.59 Å². The maximum absolute atomic E-state index is 12.0. The van der Waals surface area contributed by atoms with E-state index in [1.165, 1.54) is 18.7 Å². The van der Waals surface area contributed by atoms with Gasteiger partial charge >= 0.3 is 5.97 Å². The molecule has 0 unspecified atom stereocenters. The lowest BCUT2D eigenvalue weighted by atomic mass is 10.0. The molecule has 0 aliphatic heterocycles. The Hall–Kier alpha value is -2.05. The number of carbonyl (C=O) groups excluding carboxylic acids is 1. The highest BCUT2D eigenvalue weighted by Gasteiger charge is 2.36. The van der Waals surface area contributed by atoms with Crippen LogP contribution < -0.4 is 4.74 Å². The summed E-state index contributed by atoms with van der Waals surface area (Å²) in [6.07, 6.45) is 0. The van der Waals surface area contributed by atoms with Gasteiger partial charge in [-0.25, -0.2) is 4.79 Å². The molecule has 0 saturated heterocycles. The second-order valence-electron chi connectivity index (χ2n) is 4.57. The van der Waals surface area contributed by atoms with Crippen LogP contribution in [0.2, 0.25) is 0 Å². The zero-order chi connectivity index (χ0) is 14.6.